The molecular formula is C24H31N5O. The van der Waals surface area contributed by atoms with Gasteiger partial charge in [-0.05, 0) is 56.1 Å². The normalized spacial score (nSPS) is 13.2. The van der Waals surface area contributed by atoms with Crippen molar-refractivity contribution in [3.63, 3.8) is 0 Å². The summed E-state index contributed by atoms with van der Waals surface area (Å²) in [6.45, 7) is 8.14. The van der Waals surface area contributed by atoms with E-state index in [-0.39, 0.29) is 0 Å². The van der Waals surface area contributed by atoms with Gasteiger partial charge in [-0.2, -0.15) is 0 Å². The lowest BCUT2D eigenvalue weighted by molar-refractivity contribution is 0.0897. The van der Waals surface area contributed by atoms with Gasteiger partial charge in [0.15, 0.2) is 5.65 Å². The van der Waals surface area contributed by atoms with Crippen molar-refractivity contribution in [3.05, 3.63) is 47.9 Å². The summed E-state index contributed by atoms with van der Waals surface area (Å²) < 4.78 is 5.46. The van der Waals surface area contributed by atoms with E-state index in [2.05, 4.69) is 70.0 Å². The van der Waals surface area contributed by atoms with Crippen LogP contribution in [0.2, 0.25) is 0 Å². The molecule has 4 rings (SSSR count). The number of ether oxygens (including phenoxy) is 1. The lowest BCUT2D eigenvalue weighted by atomic mass is 10.0. The molecule has 1 atom stereocenters. The van der Waals surface area contributed by atoms with Crippen LogP contribution in [-0.4, -0.2) is 51.6 Å². The average molecular weight is 406 g/mol. The number of H-pyrrole nitrogens is 2. The first-order valence-electron chi connectivity index (χ1n) is 10.6. The summed E-state index contributed by atoms with van der Waals surface area (Å²) in [5.41, 5.74) is 6.32. The van der Waals surface area contributed by atoms with Crippen molar-refractivity contribution in [1.29, 1.82) is 0 Å². The second-order valence-corrected chi connectivity index (χ2v) is 8.64. The number of rotatable bonds is 8. The van der Waals surface area contributed by atoms with E-state index in [4.69, 9.17) is 4.74 Å². The van der Waals surface area contributed by atoms with Crippen LogP contribution < -0.4 is 0 Å². The Morgan fingerprint density at radius 1 is 1.13 bits per heavy atom. The van der Waals surface area contributed by atoms with Crippen LogP contribution in [0.15, 0.2) is 36.5 Å². The molecule has 0 aliphatic heterocycles. The molecule has 4 aromatic rings. The van der Waals surface area contributed by atoms with Crippen molar-refractivity contribution in [2.45, 2.75) is 39.8 Å². The van der Waals surface area contributed by atoms with Gasteiger partial charge in [0, 0.05) is 48.1 Å². The second kappa shape index (κ2) is 8.58. The minimum Gasteiger partial charge on any atom is -0.383 e. The third-order valence-corrected chi connectivity index (χ3v) is 5.64. The Kier molecular flexibility index (Phi) is 5.88. The zero-order chi connectivity index (χ0) is 21.3. The van der Waals surface area contributed by atoms with E-state index in [1.165, 1.54) is 10.9 Å². The number of hydrogen-bond acceptors (Lipinski definition) is 4. The smallest absolute Gasteiger partial charge is 0.178 e. The molecule has 1 aromatic carbocycles. The quantitative estimate of drug-likeness (QED) is 0.437. The van der Waals surface area contributed by atoms with Crippen LogP contribution in [0.5, 0.6) is 0 Å². The molecule has 158 valence electrons. The molecule has 1 unspecified atom stereocenters. The highest BCUT2D eigenvalue weighted by Gasteiger charge is 2.17. The zero-order valence-electron chi connectivity index (χ0n) is 18.5. The van der Waals surface area contributed by atoms with Crippen molar-refractivity contribution in [1.82, 2.24) is 24.8 Å². The standard InChI is InChI=1S/C24H31N5O/c1-15(2)10-19(14-30-5)29(4)13-17-6-7-21-18(11-17)12-22(28-21)20-8-9-25-24-23(20)26-16(3)27-24/h6-9,11-12,15,19,28H,10,13-14H2,1-5H3,(H,25,26,27). The van der Waals surface area contributed by atoms with E-state index in [9.17, 15) is 0 Å². The number of nitrogens with one attached hydrogen (secondary N) is 2. The van der Waals surface area contributed by atoms with Crippen LogP contribution in [-0.2, 0) is 11.3 Å². The van der Waals surface area contributed by atoms with Gasteiger partial charge in [0.05, 0.1) is 12.1 Å². The third-order valence-electron chi connectivity index (χ3n) is 5.64. The lowest BCUT2D eigenvalue weighted by Gasteiger charge is -2.29. The summed E-state index contributed by atoms with van der Waals surface area (Å²) in [5, 5.41) is 1.21. The van der Waals surface area contributed by atoms with Crippen molar-refractivity contribution < 1.29 is 4.74 Å². The van der Waals surface area contributed by atoms with Gasteiger partial charge in [0.2, 0.25) is 0 Å². The SMILES string of the molecule is COCC(CC(C)C)N(C)Cc1ccc2[nH]c(-c3ccnc4nc(C)[nH]c34)cc2c1. The molecule has 0 radical (unpaired) electrons. The molecule has 0 fully saturated rings. The van der Waals surface area contributed by atoms with E-state index < -0.39 is 0 Å². The predicted octanol–water partition coefficient (Wildman–Crippen LogP) is 4.91. The van der Waals surface area contributed by atoms with Gasteiger partial charge in [-0.3, -0.25) is 4.90 Å². The van der Waals surface area contributed by atoms with Gasteiger partial charge in [-0.25, -0.2) is 9.97 Å². The van der Waals surface area contributed by atoms with Crippen molar-refractivity contribution in [2.75, 3.05) is 20.8 Å². The van der Waals surface area contributed by atoms with E-state index in [1.807, 2.05) is 19.2 Å². The highest BCUT2D eigenvalue weighted by atomic mass is 16.5. The second-order valence-electron chi connectivity index (χ2n) is 8.64. The molecule has 0 amide bonds. The first-order valence-corrected chi connectivity index (χ1v) is 10.6. The van der Waals surface area contributed by atoms with Crippen LogP contribution in [0.25, 0.3) is 33.3 Å². The number of nitrogens with zero attached hydrogens (tertiary/aromatic N) is 3. The van der Waals surface area contributed by atoms with Crippen LogP contribution in [0.3, 0.4) is 0 Å². The molecule has 0 saturated heterocycles. The molecule has 0 saturated carbocycles. The van der Waals surface area contributed by atoms with Crippen LogP contribution in [0.1, 0.15) is 31.7 Å². The van der Waals surface area contributed by atoms with Gasteiger partial charge in [-0.1, -0.05) is 19.9 Å². The Morgan fingerprint density at radius 2 is 1.97 bits per heavy atom. The summed E-state index contributed by atoms with van der Waals surface area (Å²) >= 11 is 0. The van der Waals surface area contributed by atoms with Crippen LogP contribution >= 0.6 is 0 Å². The minimum atomic E-state index is 0.418. The number of aromatic nitrogens is 4. The lowest BCUT2D eigenvalue weighted by Crippen LogP contribution is -2.36. The topological polar surface area (TPSA) is 69.8 Å². The average Bonchev–Trinajstić information content (AvgIpc) is 3.28. The fraction of sp³-hybridized carbons (Fsp3) is 0.417. The Balaban J connectivity index is 1.61. The van der Waals surface area contributed by atoms with Crippen LogP contribution in [0, 0.1) is 12.8 Å². The number of likely N-dealkylation sites (N-methyl/N-ethyl adjacent to an activating group) is 1. The molecular weight excluding hydrogens is 374 g/mol. The van der Waals surface area contributed by atoms with Gasteiger partial charge >= 0.3 is 0 Å². The summed E-state index contributed by atoms with van der Waals surface area (Å²) in [6.07, 6.45) is 2.94. The fourth-order valence-electron chi connectivity index (χ4n) is 4.21. The van der Waals surface area contributed by atoms with Crippen molar-refractivity contribution >= 4 is 22.1 Å². The molecule has 2 N–H and O–H groups in total. The number of imidazole rings is 1. The Labute approximate surface area is 177 Å². The van der Waals surface area contributed by atoms with Gasteiger partial charge < -0.3 is 14.7 Å². The van der Waals surface area contributed by atoms with Crippen molar-refractivity contribution in [2.24, 2.45) is 5.92 Å². The third kappa shape index (κ3) is 4.25. The Bertz CT molecular complexity index is 1140. The predicted molar refractivity (Wildman–Crippen MR) is 123 cm³/mol. The maximum atomic E-state index is 5.46. The van der Waals surface area contributed by atoms with Crippen LogP contribution in [0.4, 0.5) is 0 Å². The zero-order valence-corrected chi connectivity index (χ0v) is 18.5. The number of fused-ring (bicyclic) bond motifs is 2. The maximum absolute atomic E-state index is 5.46. The van der Waals surface area contributed by atoms with E-state index in [0.29, 0.717) is 12.0 Å². The fourth-order valence-corrected chi connectivity index (χ4v) is 4.21. The van der Waals surface area contributed by atoms with Gasteiger partial charge in [0.1, 0.15) is 5.82 Å². The first kappa shape index (κ1) is 20.6. The van der Waals surface area contributed by atoms with Crippen molar-refractivity contribution in [3.8, 4) is 11.3 Å². The molecule has 6 nitrogen and oxygen atoms in total. The highest BCUT2D eigenvalue weighted by Crippen LogP contribution is 2.29. The Morgan fingerprint density at radius 3 is 2.73 bits per heavy atom. The highest BCUT2D eigenvalue weighted by molar-refractivity contribution is 5.94. The molecule has 0 aliphatic rings. The number of methoxy groups -OCH3 is 1. The molecule has 30 heavy (non-hydrogen) atoms. The maximum Gasteiger partial charge on any atom is 0.178 e. The number of aryl methyl sites for hydroxylation is 1. The summed E-state index contributed by atoms with van der Waals surface area (Å²) in [6, 6.07) is 11.3. The number of benzene rings is 1. The Hall–Kier alpha value is -2.70. The molecule has 0 aliphatic carbocycles. The van der Waals surface area contributed by atoms with Gasteiger partial charge in [-0.15, -0.1) is 0 Å². The molecule has 3 heterocycles. The summed E-state index contributed by atoms with van der Waals surface area (Å²) in [4.78, 5) is 18.1. The number of aromatic amines is 2. The molecule has 6 heteroatoms. The first-order chi connectivity index (χ1) is 14.4. The summed E-state index contributed by atoms with van der Waals surface area (Å²) in [7, 11) is 3.97. The largest absolute Gasteiger partial charge is 0.383 e. The monoisotopic (exact) mass is 405 g/mol. The molecule has 0 spiro atoms. The molecule has 0 bridgehead atoms. The minimum absolute atomic E-state index is 0.418. The number of hydrogen-bond donors (Lipinski definition) is 2. The van der Waals surface area contributed by atoms with E-state index >= 15 is 0 Å². The van der Waals surface area contributed by atoms with Gasteiger partial charge in [0.25, 0.3) is 0 Å². The van der Waals surface area contributed by atoms with E-state index in [1.54, 1.807) is 7.11 Å². The molecule has 3 aromatic heterocycles. The number of pyridine rings is 1. The summed E-state index contributed by atoms with van der Waals surface area (Å²) in [5.74, 6) is 1.52. The van der Waals surface area contributed by atoms with E-state index in [0.717, 1.165) is 53.3 Å².